The summed E-state index contributed by atoms with van der Waals surface area (Å²) in [6.07, 6.45) is 8.70. The Morgan fingerprint density at radius 1 is 1.21 bits per heavy atom. The van der Waals surface area contributed by atoms with Gasteiger partial charge in [0.25, 0.3) is 5.91 Å². The molecule has 0 saturated carbocycles. The van der Waals surface area contributed by atoms with E-state index in [9.17, 15) is 4.79 Å². The first-order chi connectivity index (χ1) is 14.2. The Balaban J connectivity index is 1.33. The van der Waals surface area contributed by atoms with Crippen molar-refractivity contribution in [3.63, 3.8) is 0 Å². The Kier molecular flexibility index (Phi) is 4.39. The van der Waals surface area contributed by atoms with Crippen LogP contribution < -0.4 is 0 Å². The van der Waals surface area contributed by atoms with E-state index in [0.29, 0.717) is 5.92 Å². The van der Waals surface area contributed by atoms with Crippen LogP contribution >= 0.6 is 0 Å². The number of nitrogens with zero attached hydrogens (tertiary/aromatic N) is 4. The van der Waals surface area contributed by atoms with E-state index < -0.39 is 0 Å². The van der Waals surface area contributed by atoms with Crippen LogP contribution in [0.4, 0.5) is 0 Å². The summed E-state index contributed by atoms with van der Waals surface area (Å²) in [5, 5.41) is 8.00. The number of aromatic amines is 1. The normalized spacial score (nSPS) is 19.1. The monoisotopic (exact) mass is 385 g/mol. The van der Waals surface area contributed by atoms with Gasteiger partial charge in [0.1, 0.15) is 0 Å². The largest absolute Gasteiger partial charge is 0.346 e. The van der Waals surface area contributed by atoms with Crippen molar-refractivity contribution in [1.82, 2.24) is 24.6 Å². The standard InChI is InChI=1S/C23H23N5O/c1-16-9-17(15-28(16)23(29)18-5-3-2-4-6-18)14-27-8-7-19-10-21(24-13-22(19)27)20-11-25-26-12-20/h2-8,10-13,16-17H,9,14-15H2,1H3,(H,25,26). The van der Waals surface area contributed by atoms with E-state index in [-0.39, 0.29) is 11.9 Å². The quantitative estimate of drug-likeness (QED) is 0.578. The fourth-order valence-electron chi connectivity index (χ4n) is 4.38. The van der Waals surface area contributed by atoms with Crippen LogP contribution in [0.1, 0.15) is 23.7 Å². The molecule has 1 saturated heterocycles. The van der Waals surface area contributed by atoms with E-state index in [1.54, 1.807) is 6.20 Å². The number of nitrogens with one attached hydrogen (secondary N) is 1. The smallest absolute Gasteiger partial charge is 0.254 e. The topological polar surface area (TPSA) is 66.8 Å². The lowest BCUT2D eigenvalue weighted by Crippen LogP contribution is -2.34. The zero-order chi connectivity index (χ0) is 19.8. The first-order valence-corrected chi connectivity index (χ1v) is 9.99. The van der Waals surface area contributed by atoms with E-state index in [0.717, 1.165) is 41.8 Å². The minimum Gasteiger partial charge on any atom is -0.346 e. The first kappa shape index (κ1) is 17.7. The van der Waals surface area contributed by atoms with Crippen molar-refractivity contribution in [2.24, 2.45) is 5.92 Å². The number of aromatic nitrogens is 4. The van der Waals surface area contributed by atoms with Crippen LogP contribution in [0.2, 0.25) is 0 Å². The van der Waals surface area contributed by atoms with E-state index in [1.807, 2.05) is 47.6 Å². The molecule has 1 aliphatic heterocycles. The van der Waals surface area contributed by atoms with Crippen LogP contribution in [-0.4, -0.2) is 43.1 Å². The maximum Gasteiger partial charge on any atom is 0.254 e. The minimum atomic E-state index is 0.129. The maximum absolute atomic E-state index is 12.9. The molecule has 6 nitrogen and oxygen atoms in total. The maximum atomic E-state index is 12.9. The molecule has 1 fully saturated rings. The number of likely N-dealkylation sites (tertiary alicyclic amines) is 1. The fourth-order valence-corrected chi connectivity index (χ4v) is 4.38. The highest BCUT2D eigenvalue weighted by Gasteiger charge is 2.33. The second-order valence-corrected chi connectivity index (χ2v) is 7.86. The van der Waals surface area contributed by atoms with Gasteiger partial charge in [0, 0.05) is 48.0 Å². The van der Waals surface area contributed by atoms with Gasteiger partial charge in [0.2, 0.25) is 0 Å². The van der Waals surface area contributed by atoms with Crippen molar-refractivity contribution in [1.29, 1.82) is 0 Å². The van der Waals surface area contributed by atoms with Gasteiger partial charge >= 0.3 is 0 Å². The molecule has 4 aromatic rings. The molecule has 6 heteroatoms. The molecule has 29 heavy (non-hydrogen) atoms. The van der Waals surface area contributed by atoms with Crippen LogP contribution in [0.15, 0.2) is 67.3 Å². The summed E-state index contributed by atoms with van der Waals surface area (Å²) in [6.45, 7) is 3.82. The lowest BCUT2D eigenvalue weighted by atomic mass is 10.1. The van der Waals surface area contributed by atoms with Crippen molar-refractivity contribution >= 4 is 16.8 Å². The van der Waals surface area contributed by atoms with Crippen LogP contribution in [-0.2, 0) is 6.54 Å². The van der Waals surface area contributed by atoms with Crippen LogP contribution in [0.3, 0.4) is 0 Å². The molecule has 3 aromatic heterocycles. The van der Waals surface area contributed by atoms with Crippen molar-refractivity contribution in [2.45, 2.75) is 25.9 Å². The summed E-state index contributed by atoms with van der Waals surface area (Å²) in [4.78, 5) is 19.5. The number of hydrogen-bond donors (Lipinski definition) is 1. The number of carbonyl (C=O) groups is 1. The lowest BCUT2D eigenvalue weighted by molar-refractivity contribution is 0.0742. The van der Waals surface area contributed by atoms with E-state index in [2.05, 4.69) is 45.0 Å². The molecule has 0 aliphatic carbocycles. The third kappa shape index (κ3) is 3.31. The molecule has 0 radical (unpaired) electrons. The molecule has 1 aromatic carbocycles. The van der Waals surface area contributed by atoms with E-state index >= 15 is 0 Å². The third-order valence-electron chi connectivity index (χ3n) is 5.85. The van der Waals surface area contributed by atoms with Crippen molar-refractivity contribution in [3.05, 3.63) is 72.8 Å². The summed E-state index contributed by atoms with van der Waals surface area (Å²) in [5.41, 5.74) is 3.79. The number of benzene rings is 1. The molecule has 4 heterocycles. The molecule has 2 unspecified atom stereocenters. The van der Waals surface area contributed by atoms with Gasteiger partial charge in [-0.3, -0.25) is 14.9 Å². The number of fused-ring (bicyclic) bond motifs is 1. The number of pyridine rings is 1. The number of hydrogen-bond acceptors (Lipinski definition) is 3. The zero-order valence-electron chi connectivity index (χ0n) is 16.3. The van der Waals surface area contributed by atoms with Crippen molar-refractivity contribution in [3.8, 4) is 11.3 Å². The molecule has 5 rings (SSSR count). The summed E-state index contributed by atoms with van der Waals surface area (Å²) in [5.74, 6) is 0.561. The highest BCUT2D eigenvalue weighted by molar-refractivity contribution is 5.94. The third-order valence-corrected chi connectivity index (χ3v) is 5.85. The molecule has 1 N–H and O–H groups in total. The van der Waals surface area contributed by atoms with Gasteiger partial charge < -0.3 is 9.47 Å². The number of H-pyrrole nitrogens is 1. The van der Waals surface area contributed by atoms with Crippen molar-refractivity contribution < 1.29 is 4.79 Å². The highest BCUT2D eigenvalue weighted by atomic mass is 16.2. The first-order valence-electron chi connectivity index (χ1n) is 9.99. The molecule has 146 valence electrons. The molecular weight excluding hydrogens is 362 g/mol. The molecule has 1 amide bonds. The Labute approximate surface area is 169 Å². The van der Waals surface area contributed by atoms with Crippen LogP contribution in [0.5, 0.6) is 0 Å². The molecule has 1 aliphatic rings. The fraction of sp³-hybridized carbons (Fsp3) is 0.261. The minimum absolute atomic E-state index is 0.129. The van der Waals surface area contributed by atoms with Crippen LogP contribution in [0, 0.1) is 5.92 Å². The SMILES string of the molecule is CC1CC(Cn2ccc3cc(-c4cn[nH]c4)ncc32)CN1C(=O)c1ccccc1. The molecular formula is C23H23N5O. The van der Waals surface area contributed by atoms with Gasteiger partial charge in [0.15, 0.2) is 0 Å². The van der Waals surface area contributed by atoms with Gasteiger partial charge in [-0.25, -0.2) is 0 Å². The molecule has 2 atom stereocenters. The molecule has 0 spiro atoms. The van der Waals surface area contributed by atoms with E-state index in [1.165, 1.54) is 5.39 Å². The van der Waals surface area contributed by atoms with Gasteiger partial charge in [-0.2, -0.15) is 5.10 Å². The second kappa shape index (κ2) is 7.20. The van der Waals surface area contributed by atoms with Gasteiger partial charge in [-0.15, -0.1) is 0 Å². The summed E-state index contributed by atoms with van der Waals surface area (Å²) < 4.78 is 2.26. The van der Waals surface area contributed by atoms with Crippen molar-refractivity contribution in [2.75, 3.05) is 6.54 Å². The predicted molar refractivity (Wildman–Crippen MR) is 112 cm³/mol. The van der Waals surface area contributed by atoms with Gasteiger partial charge in [0.05, 0.1) is 23.6 Å². The average Bonchev–Trinajstić information content (AvgIpc) is 3.49. The Bertz CT molecular complexity index is 1130. The van der Waals surface area contributed by atoms with Crippen LogP contribution in [0.25, 0.3) is 22.2 Å². The summed E-state index contributed by atoms with van der Waals surface area (Å²) >= 11 is 0. The summed E-state index contributed by atoms with van der Waals surface area (Å²) in [7, 11) is 0. The van der Waals surface area contributed by atoms with Gasteiger partial charge in [-0.1, -0.05) is 18.2 Å². The Morgan fingerprint density at radius 2 is 2.07 bits per heavy atom. The van der Waals surface area contributed by atoms with E-state index in [4.69, 9.17) is 0 Å². The zero-order valence-corrected chi connectivity index (χ0v) is 16.3. The average molecular weight is 385 g/mol. The number of carbonyl (C=O) groups excluding carboxylic acids is 1. The highest BCUT2D eigenvalue weighted by Crippen LogP contribution is 2.28. The van der Waals surface area contributed by atoms with Gasteiger partial charge in [-0.05, 0) is 43.5 Å². The molecule has 0 bridgehead atoms. The Morgan fingerprint density at radius 3 is 2.86 bits per heavy atom. The number of rotatable bonds is 4. The predicted octanol–water partition coefficient (Wildman–Crippen LogP) is 3.98. The number of amides is 1. The Hall–Kier alpha value is -3.41. The lowest BCUT2D eigenvalue weighted by Gasteiger charge is -2.21. The summed E-state index contributed by atoms with van der Waals surface area (Å²) in [6, 6.07) is 14.0. The second-order valence-electron chi connectivity index (χ2n) is 7.86.